The number of carbonyl (C=O) groups excluding carboxylic acids is 1. The topological polar surface area (TPSA) is 128 Å². The van der Waals surface area contributed by atoms with Gasteiger partial charge in [0.2, 0.25) is 0 Å². The van der Waals surface area contributed by atoms with E-state index in [9.17, 15) is 27.7 Å². The minimum absolute atomic E-state index is 0.0127. The number of ether oxygens (including phenoxy) is 1. The van der Waals surface area contributed by atoms with Crippen molar-refractivity contribution in [2.45, 2.75) is 24.9 Å². The third-order valence-corrected chi connectivity index (χ3v) is 7.06. The zero-order valence-corrected chi connectivity index (χ0v) is 19.9. The van der Waals surface area contributed by atoms with Gasteiger partial charge in [-0.15, -0.1) is 0 Å². The van der Waals surface area contributed by atoms with Crippen LogP contribution in [0.15, 0.2) is 65.6 Å². The van der Waals surface area contributed by atoms with Crippen molar-refractivity contribution >= 4 is 27.1 Å². The number of rotatable bonds is 10. The summed E-state index contributed by atoms with van der Waals surface area (Å²) in [5.41, 5.74) is 0.788. The molecule has 0 aromatic heterocycles. The molecule has 3 rings (SSSR count). The Labute approximate surface area is 202 Å². The highest BCUT2D eigenvalue weighted by Gasteiger charge is 2.19. The van der Waals surface area contributed by atoms with Crippen LogP contribution in [0.2, 0.25) is 0 Å². The van der Waals surface area contributed by atoms with Gasteiger partial charge in [0.05, 0.1) is 22.7 Å². The highest BCUT2D eigenvalue weighted by atomic mass is 32.2. The number of nitrogens with zero attached hydrogens (tertiary/aromatic N) is 1. The number of nitrogens with one attached hydrogen (secondary N) is 2. The van der Waals surface area contributed by atoms with Crippen molar-refractivity contribution in [3.8, 4) is 5.75 Å². The van der Waals surface area contributed by atoms with Crippen LogP contribution in [-0.2, 0) is 22.9 Å². The molecule has 184 valence electrons. The van der Waals surface area contributed by atoms with Crippen molar-refractivity contribution in [1.82, 2.24) is 5.32 Å². The first-order chi connectivity index (χ1) is 16.7. The summed E-state index contributed by atoms with van der Waals surface area (Å²) in [6.07, 6.45) is 0. The summed E-state index contributed by atoms with van der Waals surface area (Å²) in [4.78, 5) is 23.7. The Morgan fingerprint density at radius 2 is 1.80 bits per heavy atom. The number of nitro groups is 1. The summed E-state index contributed by atoms with van der Waals surface area (Å²) >= 11 is 0. The van der Waals surface area contributed by atoms with Crippen LogP contribution in [0, 0.1) is 15.9 Å². The Balaban J connectivity index is 1.70. The number of carbonyl (C=O) groups is 1. The van der Waals surface area contributed by atoms with Gasteiger partial charge in [0, 0.05) is 30.3 Å². The summed E-state index contributed by atoms with van der Waals surface area (Å²) in [7, 11) is -1.98. The van der Waals surface area contributed by atoms with Crippen LogP contribution >= 0.6 is 0 Å². The van der Waals surface area contributed by atoms with Crippen LogP contribution in [-0.4, -0.2) is 32.1 Å². The first-order valence-corrected chi connectivity index (χ1v) is 12.2. The summed E-state index contributed by atoms with van der Waals surface area (Å²) < 4.78 is 43.1. The van der Waals surface area contributed by atoms with E-state index >= 15 is 0 Å². The molecule has 0 saturated heterocycles. The van der Waals surface area contributed by atoms with Gasteiger partial charge in [-0.05, 0) is 35.9 Å². The molecule has 0 aliphatic carbocycles. The normalized spacial score (nSPS) is 11.1. The van der Waals surface area contributed by atoms with Crippen molar-refractivity contribution in [1.29, 1.82) is 0 Å². The van der Waals surface area contributed by atoms with Gasteiger partial charge in [0.15, 0.2) is 21.4 Å². The first kappa shape index (κ1) is 25.6. The Bertz CT molecular complexity index is 1340. The number of benzene rings is 3. The van der Waals surface area contributed by atoms with Crippen molar-refractivity contribution in [3.05, 3.63) is 93.3 Å². The zero-order chi connectivity index (χ0) is 25.6. The van der Waals surface area contributed by atoms with Crippen LogP contribution in [0.4, 0.5) is 15.8 Å². The van der Waals surface area contributed by atoms with Crippen LogP contribution in [0.5, 0.6) is 5.75 Å². The van der Waals surface area contributed by atoms with Gasteiger partial charge in [-0.1, -0.05) is 31.2 Å². The molecule has 9 nitrogen and oxygen atoms in total. The average molecular weight is 502 g/mol. The van der Waals surface area contributed by atoms with Gasteiger partial charge >= 0.3 is 0 Å². The first-order valence-electron chi connectivity index (χ1n) is 10.6. The molecule has 0 aliphatic heterocycles. The second kappa shape index (κ2) is 11.0. The monoisotopic (exact) mass is 501 g/mol. The van der Waals surface area contributed by atoms with E-state index in [2.05, 4.69) is 10.6 Å². The van der Waals surface area contributed by atoms with Crippen molar-refractivity contribution in [2.75, 3.05) is 18.2 Å². The molecule has 2 N–H and O–H groups in total. The molecular formula is C24H24FN3O6S. The Hall–Kier alpha value is -3.99. The molecule has 0 fully saturated rings. The van der Waals surface area contributed by atoms with E-state index in [1.54, 1.807) is 25.1 Å². The highest BCUT2D eigenvalue weighted by Crippen LogP contribution is 2.27. The van der Waals surface area contributed by atoms with Crippen LogP contribution < -0.4 is 15.4 Å². The quantitative estimate of drug-likeness (QED) is 0.316. The maximum atomic E-state index is 14.3. The zero-order valence-electron chi connectivity index (χ0n) is 19.1. The number of nitro benzene ring substituents is 1. The van der Waals surface area contributed by atoms with Crippen LogP contribution in [0.3, 0.4) is 0 Å². The fraction of sp³-hybridized carbons (Fsp3) is 0.208. The number of amides is 1. The molecule has 0 atom stereocenters. The lowest BCUT2D eigenvalue weighted by molar-refractivity contribution is -0.384. The molecule has 0 unspecified atom stereocenters. The second-order valence-corrected chi connectivity index (χ2v) is 9.78. The minimum atomic E-state index is -3.32. The third-order valence-electron chi connectivity index (χ3n) is 5.30. The Morgan fingerprint density at radius 1 is 1.09 bits per heavy atom. The highest BCUT2D eigenvalue weighted by molar-refractivity contribution is 7.91. The van der Waals surface area contributed by atoms with E-state index in [1.807, 2.05) is 0 Å². The van der Waals surface area contributed by atoms with Crippen molar-refractivity contribution in [2.24, 2.45) is 0 Å². The van der Waals surface area contributed by atoms with Gasteiger partial charge < -0.3 is 15.4 Å². The maximum Gasteiger partial charge on any atom is 0.293 e. The molecule has 0 saturated carbocycles. The smallest absolute Gasteiger partial charge is 0.293 e. The van der Waals surface area contributed by atoms with Gasteiger partial charge in [0.1, 0.15) is 5.69 Å². The van der Waals surface area contributed by atoms with E-state index < -0.39 is 26.5 Å². The number of halogens is 1. The fourth-order valence-corrected chi connectivity index (χ4v) is 4.16. The van der Waals surface area contributed by atoms with Crippen molar-refractivity contribution < 1.29 is 27.3 Å². The molecule has 0 bridgehead atoms. The molecule has 0 radical (unpaired) electrons. The summed E-state index contributed by atoms with van der Waals surface area (Å²) in [6.45, 7) is 1.63. The predicted molar refractivity (Wildman–Crippen MR) is 129 cm³/mol. The standard InChI is InChI=1S/C24H24FN3O6S/c1-3-35(32,33)19-10-7-16(8-11-19)14-27-24(29)17-9-12-20(21(13-17)28(30)31)26-15-18-5-4-6-22(34-2)23(18)25/h4-13,26H,3,14-15H2,1-2H3,(H,27,29). The van der Waals surface area contributed by atoms with Gasteiger partial charge in [0.25, 0.3) is 11.6 Å². The van der Waals surface area contributed by atoms with E-state index in [0.717, 1.165) is 6.07 Å². The number of hydrogen-bond acceptors (Lipinski definition) is 7. The summed E-state index contributed by atoms with van der Waals surface area (Å²) in [5.74, 6) is -1.06. The number of anilines is 1. The molecule has 3 aromatic rings. The largest absolute Gasteiger partial charge is 0.494 e. The number of hydrogen-bond donors (Lipinski definition) is 2. The number of methoxy groups -OCH3 is 1. The van der Waals surface area contributed by atoms with Crippen LogP contribution in [0.25, 0.3) is 0 Å². The summed E-state index contributed by atoms with van der Waals surface area (Å²) in [5, 5.41) is 17.1. The molecule has 11 heteroatoms. The Kier molecular flexibility index (Phi) is 8.02. The minimum Gasteiger partial charge on any atom is -0.494 e. The van der Waals surface area contributed by atoms with Crippen LogP contribution in [0.1, 0.15) is 28.4 Å². The SMILES string of the molecule is CCS(=O)(=O)c1ccc(CNC(=O)c2ccc(NCc3cccc(OC)c3F)c([N+](=O)[O-])c2)cc1. The molecular weight excluding hydrogens is 477 g/mol. The molecule has 0 heterocycles. The lowest BCUT2D eigenvalue weighted by Gasteiger charge is -2.11. The number of sulfone groups is 1. The second-order valence-electron chi connectivity index (χ2n) is 7.51. The molecule has 0 aliphatic rings. The van der Waals surface area contributed by atoms with Gasteiger partial charge in [-0.2, -0.15) is 0 Å². The van der Waals surface area contributed by atoms with E-state index in [1.165, 1.54) is 43.5 Å². The summed E-state index contributed by atoms with van der Waals surface area (Å²) in [6, 6.07) is 14.7. The fourth-order valence-electron chi connectivity index (χ4n) is 3.28. The maximum absolute atomic E-state index is 14.3. The predicted octanol–water partition coefficient (Wildman–Crippen LogP) is 4.08. The van der Waals surface area contributed by atoms with E-state index in [0.29, 0.717) is 5.56 Å². The molecule has 0 spiro atoms. The molecule has 3 aromatic carbocycles. The molecule has 35 heavy (non-hydrogen) atoms. The van der Waals surface area contributed by atoms with E-state index in [4.69, 9.17) is 4.74 Å². The lowest BCUT2D eigenvalue weighted by atomic mass is 10.1. The van der Waals surface area contributed by atoms with E-state index in [-0.39, 0.29) is 52.0 Å². The van der Waals surface area contributed by atoms with Gasteiger partial charge in [-0.3, -0.25) is 14.9 Å². The molecule has 1 amide bonds. The lowest BCUT2D eigenvalue weighted by Crippen LogP contribution is -2.23. The average Bonchev–Trinajstić information content (AvgIpc) is 2.86. The Morgan fingerprint density at radius 3 is 2.43 bits per heavy atom. The van der Waals surface area contributed by atoms with Gasteiger partial charge in [-0.25, -0.2) is 12.8 Å². The van der Waals surface area contributed by atoms with Crippen molar-refractivity contribution in [3.63, 3.8) is 0 Å². The third kappa shape index (κ3) is 6.12.